The Morgan fingerprint density at radius 3 is 2.20 bits per heavy atom. The predicted octanol–water partition coefficient (Wildman–Crippen LogP) is 2.38. The highest BCUT2D eigenvalue weighted by Gasteiger charge is 2.41. The molecule has 2 unspecified atom stereocenters. The Morgan fingerprint density at radius 1 is 1.20 bits per heavy atom. The fourth-order valence-corrected chi connectivity index (χ4v) is 3.18. The van der Waals surface area contributed by atoms with Crippen LogP contribution in [0.5, 0.6) is 0 Å². The maximum Gasteiger partial charge on any atom is 0.0114 e. The molecule has 0 saturated carbocycles. The van der Waals surface area contributed by atoms with Gasteiger partial charge in [0.2, 0.25) is 0 Å². The molecule has 2 atom stereocenters. The maximum atomic E-state index is 6.09. The minimum absolute atomic E-state index is 0.474. The first-order valence-corrected chi connectivity index (χ1v) is 6.53. The van der Waals surface area contributed by atoms with Crippen LogP contribution in [0.4, 0.5) is 0 Å². The highest BCUT2D eigenvalue weighted by molar-refractivity contribution is 4.97. The summed E-state index contributed by atoms with van der Waals surface area (Å²) in [6.07, 6.45) is 6.51. The minimum atomic E-state index is 0.474. The van der Waals surface area contributed by atoms with E-state index in [-0.39, 0.29) is 0 Å². The van der Waals surface area contributed by atoms with E-state index in [1.807, 2.05) is 0 Å². The van der Waals surface area contributed by atoms with Gasteiger partial charge in [-0.1, -0.05) is 20.8 Å². The molecule has 2 heteroatoms. The smallest absolute Gasteiger partial charge is 0.0114 e. The molecule has 2 aliphatic rings. The number of hydrogen-bond donors (Lipinski definition) is 1. The zero-order valence-electron chi connectivity index (χ0n) is 10.5. The van der Waals surface area contributed by atoms with E-state index in [9.17, 15) is 0 Å². The van der Waals surface area contributed by atoms with Gasteiger partial charge in [-0.25, -0.2) is 0 Å². The van der Waals surface area contributed by atoms with Crippen LogP contribution in [0.3, 0.4) is 0 Å². The Bertz CT molecular complexity index is 211. The molecule has 0 spiro atoms. The van der Waals surface area contributed by atoms with Crippen LogP contribution in [0.2, 0.25) is 0 Å². The standard InChI is InChI=1S/C13H26N2/c1-4-13(2,3)9-15-11-5-6-12(15)8-10(14)7-11/h10-12H,4-9,14H2,1-3H3. The lowest BCUT2D eigenvalue weighted by Crippen LogP contribution is -2.50. The number of rotatable bonds is 3. The first-order chi connectivity index (χ1) is 7.02. The summed E-state index contributed by atoms with van der Waals surface area (Å²) in [5, 5.41) is 0. The molecule has 0 aromatic heterocycles. The van der Waals surface area contributed by atoms with Crippen molar-refractivity contribution in [1.29, 1.82) is 0 Å². The van der Waals surface area contributed by atoms with Crippen LogP contribution in [0, 0.1) is 5.41 Å². The van der Waals surface area contributed by atoms with Gasteiger partial charge in [-0.05, 0) is 37.5 Å². The molecule has 88 valence electrons. The Kier molecular flexibility index (Phi) is 3.09. The lowest BCUT2D eigenvalue weighted by atomic mass is 9.87. The second-order valence-electron chi connectivity index (χ2n) is 6.31. The van der Waals surface area contributed by atoms with E-state index in [4.69, 9.17) is 5.73 Å². The highest BCUT2D eigenvalue weighted by Crippen LogP contribution is 2.37. The van der Waals surface area contributed by atoms with Gasteiger partial charge >= 0.3 is 0 Å². The van der Waals surface area contributed by atoms with Crippen molar-refractivity contribution >= 4 is 0 Å². The van der Waals surface area contributed by atoms with Crippen molar-refractivity contribution in [3.05, 3.63) is 0 Å². The molecule has 2 saturated heterocycles. The summed E-state index contributed by atoms with van der Waals surface area (Å²) in [4.78, 5) is 2.76. The molecule has 2 rings (SSSR count). The summed E-state index contributed by atoms with van der Waals surface area (Å²) >= 11 is 0. The molecule has 0 aromatic rings. The maximum absolute atomic E-state index is 6.09. The minimum Gasteiger partial charge on any atom is -0.328 e. The summed E-state index contributed by atoms with van der Waals surface area (Å²) in [5.41, 5.74) is 6.56. The van der Waals surface area contributed by atoms with Gasteiger partial charge in [0.1, 0.15) is 0 Å². The predicted molar refractivity (Wildman–Crippen MR) is 64.8 cm³/mol. The number of nitrogens with two attached hydrogens (primary N) is 1. The van der Waals surface area contributed by atoms with E-state index in [1.54, 1.807) is 0 Å². The largest absolute Gasteiger partial charge is 0.328 e. The molecule has 0 aliphatic carbocycles. The van der Waals surface area contributed by atoms with Crippen LogP contribution < -0.4 is 5.73 Å². The van der Waals surface area contributed by atoms with Crippen molar-refractivity contribution in [2.75, 3.05) is 6.54 Å². The SMILES string of the molecule is CCC(C)(C)CN1C2CCC1CC(N)C2. The summed E-state index contributed by atoms with van der Waals surface area (Å²) < 4.78 is 0. The number of piperidine rings is 1. The van der Waals surface area contributed by atoms with Gasteiger partial charge < -0.3 is 5.73 Å². The molecule has 2 heterocycles. The number of hydrogen-bond acceptors (Lipinski definition) is 2. The molecule has 0 radical (unpaired) electrons. The van der Waals surface area contributed by atoms with E-state index < -0.39 is 0 Å². The van der Waals surface area contributed by atoms with E-state index in [1.165, 1.54) is 38.6 Å². The lowest BCUT2D eigenvalue weighted by molar-refractivity contribution is 0.0790. The van der Waals surface area contributed by atoms with Crippen LogP contribution in [-0.2, 0) is 0 Å². The normalized spacial score (nSPS) is 37.2. The van der Waals surface area contributed by atoms with Gasteiger partial charge in [0.05, 0.1) is 0 Å². The van der Waals surface area contributed by atoms with Gasteiger partial charge in [-0.2, -0.15) is 0 Å². The Hall–Kier alpha value is -0.0800. The Labute approximate surface area is 94.2 Å². The average Bonchev–Trinajstić information content (AvgIpc) is 2.42. The van der Waals surface area contributed by atoms with Crippen LogP contribution in [0.15, 0.2) is 0 Å². The molecular weight excluding hydrogens is 184 g/mol. The topological polar surface area (TPSA) is 29.3 Å². The average molecular weight is 210 g/mol. The third-order valence-corrected chi connectivity index (χ3v) is 4.49. The van der Waals surface area contributed by atoms with Crippen LogP contribution in [0.1, 0.15) is 52.9 Å². The van der Waals surface area contributed by atoms with Gasteiger partial charge in [0.25, 0.3) is 0 Å². The molecule has 0 aromatic carbocycles. The zero-order chi connectivity index (χ0) is 11.1. The molecule has 2 fully saturated rings. The summed E-state index contributed by atoms with van der Waals surface area (Å²) in [6, 6.07) is 2.07. The molecule has 2 aliphatic heterocycles. The summed E-state index contributed by atoms with van der Waals surface area (Å²) in [7, 11) is 0. The van der Waals surface area contributed by atoms with Crippen molar-refractivity contribution < 1.29 is 0 Å². The van der Waals surface area contributed by atoms with Crippen LogP contribution in [0.25, 0.3) is 0 Å². The molecule has 2 N–H and O–H groups in total. The van der Waals surface area contributed by atoms with Gasteiger partial charge in [0, 0.05) is 24.7 Å². The summed E-state index contributed by atoms with van der Waals surface area (Å²) in [5.74, 6) is 0. The Morgan fingerprint density at radius 2 is 1.73 bits per heavy atom. The zero-order valence-corrected chi connectivity index (χ0v) is 10.5. The fourth-order valence-electron chi connectivity index (χ4n) is 3.18. The molecule has 2 nitrogen and oxygen atoms in total. The molecule has 0 amide bonds. The van der Waals surface area contributed by atoms with Gasteiger partial charge in [-0.15, -0.1) is 0 Å². The quantitative estimate of drug-likeness (QED) is 0.775. The number of nitrogens with zero attached hydrogens (tertiary/aromatic N) is 1. The summed E-state index contributed by atoms with van der Waals surface area (Å²) in [6.45, 7) is 8.35. The molecule has 2 bridgehead atoms. The third-order valence-electron chi connectivity index (χ3n) is 4.49. The second-order valence-corrected chi connectivity index (χ2v) is 6.31. The van der Waals surface area contributed by atoms with Crippen molar-refractivity contribution in [1.82, 2.24) is 4.90 Å². The molecule has 15 heavy (non-hydrogen) atoms. The van der Waals surface area contributed by atoms with Crippen molar-refractivity contribution in [2.24, 2.45) is 11.1 Å². The molecular formula is C13H26N2. The van der Waals surface area contributed by atoms with Crippen LogP contribution in [-0.4, -0.2) is 29.6 Å². The first-order valence-electron chi connectivity index (χ1n) is 6.53. The van der Waals surface area contributed by atoms with Gasteiger partial charge in [-0.3, -0.25) is 4.90 Å². The third kappa shape index (κ3) is 2.36. The van der Waals surface area contributed by atoms with Gasteiger partial charge in [0.15, 0.2) is 0 Å². The van der Waals surface area contributed by atoms with Crippen molar-refractivity contribution in [3.63, 3.8) is 0 Å². The Balaban J connectivity index is 1.99. The van der Waals surface area contributed by atoms with E-state index in [0.717, 1.165) is 12.1 Å². The van der Waals surface area contributed by atoms with E-state index >= 15 is 0 Å². The fraction of sp³-hybridized carbons (Fsp3) is 1.00. The van der Waals surface area contributed by atoms with E-state index in [2.05, 4.69) is 25.7 Å². The van der Waals surface area contributed by atoms with Crippen LogP contribution >= 0.6 is 0 Å². The first kappa shape index (κ1) is 11.4. The monoisotopic (exact) mass is 210 g/mol. The second kappa shape index (κ2) is 4.06. The van der Waals surface area contributed by atoms with Crippen molar-refractivity contribution in [3.8, 4) is 0 Å². The lowest BCUT2D eigenvalue weighted by Gasteiger charge is -2.41. The van der Waals surface area contributed by atoms with Crippen molar-refractivity contribution in [2.45, 2.75) is 71.0 Å². The highest BCUT2D eigenvalue weighted by atomic mass is 15.2. The van der Waals surface area contributed by atoms with E-state index in [0.29, 0.717) is 11.5 Å². The number of fused-ring (bicyclic) bond motifs is 2.